The van der Waals surface area contributed by atoms with Crippen molar-refractivity contribution >= 4 is 28.8 Å². The van der Waals surface area contributed by atoms with Crippen LogP contribution >= 0.6 is 0 Å². The molecule has 0 unspecified atom stereocenters. The molecule has 0 bridgehead atoms. The van der Waals surface area contributed by atoms with Gasteiger partial charge in [-0.2, -0.15) is 5.10 Å². The van der Waals surface area contributed by atoms with Crippen LogP contribution in [0, 0.1) is 6.92 Å². The fraction of sp³-hybridized carbons (Fsp3) is 0.448. The number of hydrogen-bond donors (Lipinski definition) is 3. The van der Waals surface area contributed by atoms with Crippen LogP contribution in [0.2, 0.25) is 0 Å². The third-order valence-electron chi connectivity index (χ3n) is 7.48. The van der Waals surface area contributed by atoms with E-state index in [0.29, 0.717) is 62.8 Å². The van der Waals surface area contributed by atoms with Gasteiger partial charge in [-0.15, -0.1) is 0 Å². The normalized spacial score (nSPS) is 13.3. The molecule has 0 aliphatic heterocycles. The predicted molar refractivity (Wildman–Crippen MR) is 158 cm³/mol. The van der Waals surface area contributed by atoms with Crippen LogP contribution in [0.25, 0.3) is 22.4 Å². The number of nitrogen functional groups attached to an aromatic ring is 1. The van der Waals surface area contributed by atoms with Crippen molar-refractivity contribution in [3.05, 3.63) is 58.4 Å². The molecule has 1 fully saturated rings. The van der Waals surface area contributed by atoms with Gasteiger partial charge in [0.05, 0.1) is 38.4 Å². The molecule has 2 amide bonds. The average molecular weight is 576 g/mol. The minimum atomic E-state index is -0.289. The molecule has 0 spiro atoms. The van der Waals surface area contributed by atoms with E-state index in [1.165, 1.54) is 6.92 Å². The molecule has 0 saturated heterocycles. The number of fused-ring (bicyclic) bond motifs is 1. The monoisotopic (exact) mass is 575 g/mol. The molecule has 1 saturated carbocycles. The Morgan fingerprint density at radius 1 is 1.17 bits per heavy atom. The number of carbonyl (C=O) groups is 2. The number of anilines is 1. The fourth-order valence-electron chi connectivity index (χ4n) is 5.04. The third kappa shape index (κ3) is 6.85. The van der Waals surface area contributed by atoms with E-state index in [1.54, 1.807) is 11.5 Å². The van der Waals surface area contributed by atoms with Gasteiger partial charge in [0.15, 0.2) is 11.5 Å². The molecule has 3 aromatic heterocycles. The molecule has 3 heterocycles. The quantitative estimate of drug-likeness (QED) is 0.203. The third-order valence-corrected chi connectivity index (χ3v) is 7.48. The largest absolute Gasteiger partial charge is 0.382 e. The number of benzene rings is 1. The van der Waals surface area contributed by atoms with Gasteiger partial charge in [-0.1, -0.05) is 24.3 Å². The zero-order valence-corrected chi connectivity index (χ0v) is 24.0. The topological polar surface area (TPSA) is 166 Å². The van der Waals surface area contributed by atoms with E-state index in [1.807, 2.05) is 46.1 Å². The summed E-state index contributed by atoms with van der Waals surface area (Å²) < 4.78 is 8.93. The second-order valence-electron chi connectivity index (χ2n) is 10.5. The number of hydrogen-bond acceptors (Lipinski definition) is 8. The molecular formula is C29H37N9O4. The second-order valence-corrected chi connectivity index (χ2v) is 10.5. The molecule has 13 heteroatoms. The summed E-state index contributed by atoms with van der Waals surface area (Å²) in [5, 5.41) is 7.41. The number of nitrogens with two attached hydrogens (primary N) is 1. The maximum atomic E-state index is 12.9. The first-order valence-electron chi connectivity index (χ1n) is 14.3. The van der Waals surface area contributed by atoms with Crippen molar-refractivity contribution in [2.45, 2.75) is 58.7 Å². The van der Waals surface area contributed by atoms with Crippen LogP contribution in [0.15, 0.2) is 41.3 Å². The number of aromatic amines is 1. The Morgan fingerprint density at radius 3 is 2.67 bits per heavy atom. The van der Waals surface area contributed by atoms with E-state index in [9.17, 15) is 14.4 Å². The predicted octanol–water partition coefficient (Wildman–Crippen LogP) is 1.85. The van der Waals surface area contributed by atoms with Crippen LogP contribution in [0.1, 0.15) is 44.0 Å². The van der Waals surface area contributed by atoms with Crippen molar-refractivity contribution in [1.29, 1.82) is 0 Å². The van der Waals surface area contributed by atoms with E-state index in [-0.39, 0.29) is 29.4 Å². The lowest BCUT2D eigenvalue weighted by Crippen LogP contribution is -2.46. The highest BCUT2D eigenvalue weighted by Crippen LogP contribution is 2.26. The molecule has 1 aliphatic rings. The number of nitrogens with one attached hydrogen (secondary N) is 2. The number of rotatable bonds is 13. The highest BCUT2D eigenvalue weighted by molar-refractivity contribution is 5.81. The first-order valence-corrected chi connectivity index (χ1v) is 14.3. The molecule has 1 aromatic carbocycles. The van der Waals surface area contributed by atoms with Gasteiger partial charge in [0, 0.05) is 37.8 Å². The number of aryl methyl sites for hydroxylation is 1. The summed E-state index contributed by atoms with van der Waals surface area (Å²) in [6, 6.07) is 10.1. The Balaban J connectivity index is 1.17. The Morgan fingerprint density at radius 2 is 1.95 bits per heavy atom. The molecule has 0 atom stereocenters. The molecule has 42 heavy (non-hydrogen) atoms. The van der Waals surface area contributed by atoms with Crippen LogP contribution in [0.5, 0.6) is 0 Å². The molecule has 13 nitrogen and oxygen atoms in total. The van der Waals surface area contributed by atoms with Crippen molar-refractivity contribution < 1.29 is 14.3 Å². The van der Waals surface area contributed by atoms with Crippen molar-refractivity contribution in [2.24, 2.45) is 0 Å². The number of nitrogens with zero attached hydrogens (tertiary/aromatic N) is 6. The molecule has 222 valence electrons. The summed E-state index contributed by atoms with van der Waals surface area (Å²) in [5.74, 6) is 0.744. The van der Waals surface area contributed by atoms with Gasteiger partial charge >= 0.3 is 5.69 Å². The minimum Gasteiger partial charge on any atom is -0.382 e. The van der Waals surface area contributed by atoms with E-state index in [0.717, 1.165) is 36.1 Å². The van der Waals surface area contributed by atoms with Gasteiger partial charge in [-0.25, -0.2) is 14.8 Å². The summed E-state index contributed by atoms with van der Waals surface area (Å²) in [7, 11) is 0. The van der Waals surface area contributed by atoms with E-state index < -0.39 is 0 Å². The highest BCUT2D eigenvalue weighted by atomic mass is 16.5. The van der Waals surface area contributed by atoms with Crippen LogP contribution < -0.4 is 16.7 Å². The lowest BCUT2D eigenvalue weighted by Gasteiger charge is -2.37. The lowest BCUT2D eigenvalue weighted by molar-refractivity contribution is -0.136. The minimum absolute atomic E-state index is 0.0841. The highest BCUT2D eigenvalue weighted by Gasteiger charge is 2.28. The molecule has 0 radical (unpaired) electrons. The zero-order valence-electron chi connectivity index (χ0n) is 24.0. The molecule has 1 aliphatic carbocycles. The Bertz CT molecular complexity index is 1600. The zero-order chi connectivity index (χ0) is 29.6. The summed E-state index contributed by atoms with van der Waals surface area (Å²) >= 11 is 0. The molecule has 4 N–H and O–H groups in total. The molecular weight excluding hydrogens is 538 g/mol. The van der Waals surface area contributed by atoms with Gasteiger partial charge in [0.2, 0.25) is 11.8 Å². The summed E-state index contributed by atoms with van der Waals surface area (Å²) in [4.78, 5) is 49.7. The Labute approximate surface area is 243 Å². The number of amides is 2. The standard InChI is InChI=1S/C29H37N9O4/c1-19-32-27(30)26-28(33-19)38(29(41)34-26)18-21-6-8-22(9-7-21)24-10-13-36(35-24)14-15-37(23-4-3-5-23)25(40)11-16-42-17-12-31-20(2)39/h6-10,13,23H,3-5,11-12,14-18H2,1-2H3,(H,31,39)(H,34,41)(H2,30,32,33). The SMILES string of the molecule is CC(=O)NCCOCCC(=O)N(CCn1ccc(-c2ccc(Cn3c(=O)[nH]c4c(N)nc(C)nc43)cc2)n1)C1CCC1. The first kappa shape index (κ1) is 29.0. The van der Waals surface area contributed by atoms with Crippen molar-refractivity contribution in [3.63, 3.8) is 0 Å². The van der Waals surface area contributed by atoms with Gasteiger partial charge in [-0.3, -0.25) is 18.8 Å². The number of ether oxygens (including phenoxy) is 1. The molecule has 4 aromatic rings. The average Bonchev–Trinajstić information content (AvgIpc) is 3.52. The van der Waals surface area contributed by atoms with Crippen LogP contribution in [0.4, 0.5) is 5.82 Å². The number of H-pyrrole nitrogens is 1. The van der Waals surface area contributed by atoms with Crippen LogP contribution in [-0.4, -0.2) is 78.4 Å². The van der Waals surface area contributed by atoms with Crippen molar-refractivity contribution in [3.8, 4) is 11.3 Å². The second kappa shape index (κ2) is 13.0. The number of carbonyl (C=O) groups excluding carboxylic acids is 2. The van der Waals surface area contributed by atoms with Gasteiger partial charge in [0.25, 0.3) is 0 Å². The lowest BCUT2D eigenvalue weighted by atomic mass is 9.91. The van der Waals surface area contributed by atoms with Crippen molar-refractivity contribution in [2.75, 3.05) is 32.0 Å². The maximum absolute atomic E-state index is 12.9. The van der Waals surface area contributed by atoms with Crippen molar-refractivity contribution in [1.82, 2.24) is 39.5 Å². The maximum Gasteiger partial charge on any atom is 0.328 e. The van der Waals surface area contributed by atoms with Gasteiger partial charge in [0.1, 0.15) is 11.3 Å². The fourth-order valence-corrected chi connectivity index (χ4v) is 5.04. The summed E-state index contributed by atoms with van der Waals surface area (Å²) in [6.07, 6.45) is 5.43. The Kier molecular flexibility index (Phi) is 8.96. The van der Waals surface area contributed by atoms with E-state index >= 15 is 0 Å². The summed E-state index contributed by atoms with van der Waals surface area (Å²) in [5.41, 5.74) is 9.31. The van der Waals surface area contributed by atoms with E-state index in [4.69, 9.17) is 15.6 Å². The number of aromatic nitrogens is 6. The van der Waals surface area contributed by atoms with Gasteiger partial charge in [-0.05, 0) is 37.8 Å². The smallest absolute Gasteiger partial charge is 0.328 e. The Hall–Kier alpha value is -4.52. The molecule has 5 rings (SSSR count). The first-order chi connectivity index (χ1) is 20.3. The van der Waals surface area contributed by atoms with Gasteiger partial charge < -0.3 is 25.7 Å². The summed E-state index contributed by atoms with van der Waals surface area (Å²) in [6.45, 7) is 5.89. The number of imidazole rings is 1. The van der Waals surface area contributed by atoms with E-state index in [2.05, 4.69) is 20.3 Å². The van der Waals surface area contributed by atoms with Crippen LogP contribution in [-0.2, 0) is 27.4 Å². The van der Waals surface area contributed by atoms with Crippen LogP contribution in [0.3, 0.4) is 0 Å².